The number of amides is 2. The lowest BCUT2D eigenvalue weighted by Crippen LogP contribution is -2.46. The third kappa shape index (κ3) is 4.13. The maximum absolute atomic E-state index is 12.2. The normalized spacial score (nSPS) is 18.7. The number of rotatable bonds is 2. The van der Waals surface area contributed by atoms with E-state index in [-0.39, 0.29) is 5.91 Å². The maximum Gasteiger partial charge on any atom is 0.411 e. The van der Waals surface area contributed by atoms with E-state index >= 15 is 0 Å². The Morgan fingerprint density at radius 2 is 2.24 bits per heavy atom. The standard InChI is InChI=1S/C13H19N3O4S/c1-8-5-10(15-20-8)14-11(17)9-6-21-7-16(9)12(18)19-13(2,3)4/h5,9H,6-7H2,1-4H3,(H,14,15,17)/t9-/m0/s1. The second-order valence-electron chi connectivity index (χ2n) is 5.78. The Balaban J connectivity index is 2.00. The van der Waals surface area contributed by atoms with Gasteiger partial charge in [0.1, 0.15) is 17.4 Å². The molecule has 1 fully saturated rings. The van der Waals surface area contributed by atoms with E-state index in [0.717, 1.165) is 0 Å². The van der Waals surface area contributed by atoms with E-state index in [2.05, 4.69) is 10.5 Å². The molecule has 116 valence electrons. The van der Waals surface area contributed by atoms with E-state index in [1.54, 1.807) is 33.8 Å². The quantitative estimate of drug-likeness (QED) is 0.901. The van der Waals surface area contributed by atoms with Gasteiger partial charge in [0, 0.05) is 11.8 Å². The molecule has 1 aromatic rings. The Labute approximate surface area is 127 Å². The van der Waals surface area contributed by atoms with Gasteiger partial charge in [-0.1, -0.05) is 5.16 Å². The Bertz CT molecular complexity index is 538. The van der Waals surface area contributed by atoms with Crippen molar-refractivity contribution in [3.63, 3.8) is 0 Å². The Hall–Kier alpha value is -1.70. The molecule has 8 heteroatoms. The van der Waals surface area contributed by atoms with Crippen molar-refractivity contribution in [1.29, 1.82) is 0 Å². The monoisotopic (exact) mass is 313 g/mol. The van der Waals surface area contributed by atoms with Gasteiger partial charge >= 0.3 is 6.09 Å². The zero-order chi connectivity index (χ0) is 15.6. The zero-order valence-electron chi connectivity index (χ0n) is 12.5. The van der Waals surface area contributed by atoms with Crippen LogP contribution in [0, 0.1) is 6.92 Å². The second-order valence-corrected chi connectivity index (χ2v) is 6.78. The summed E-state index contributed by atoms with van der Waals surface area (Å²) in [4.78, 5) is 25.8. The van der Waals surface area contributed by atoms with Crippen molar-refractivity contribution >= 4 is 29.6 Å². The van der Waals surface area contributed by atoms with Crippen LogP contribution in [0.25, 0.3) is 0 Å². The highest BCUT2D eigenvalue weighted by Gasteiger charge is 2.37. The lowest BCUT2D eigenvalue weighted by atomic mass is 10.2. The molecule has 1 aliphatic rings. The number of carbonyl (C=O) groups is 2. The molecule has 1 saturated heterocycles. The van der Waals surface area contributed by atoms with Gasteiger partial charge in [-0.15, -0.1) is 11.8 Å². The molecule has 0 radical (unpaired) electrons. The highest BCUT2D eigenvalue weighted by atomic mass is 32.2. The van der Waals surface area contributed by atoms with Crippen molar-refractivity contribution in [3.05, 3.63) is 11.8 Å². The molecule has 0 bridgehead atoms. The molecule has 21 heavy (non-hydrogen) atoms. The first-order valence-electron chi connectivity index (χ1n) is 6.58. The molecule has 1 N–H and O–H groups in total. The molecule has 0 spiro atoms. The SMILES string of the molecule is Cc1cc(NC(=O)[C@@H]2CSCN2C(=O)OC(C)(C)C)no1. The second kappa shape index (κ2) is 5.97. The molecule has 0 saturated carbocycles. The van der Waals surface area contributed by atoms with Crippen LogP contribution in [0.2, 0.25) is 0 Å². The maximum atomic E-state index is 12.2. The number of carbonyl (C=O) groups excluding carboxylic acids is 2. The average Bonchev–Trinajstić information content (AvgIpc) is 2.95. The van der Waals surface area contributed by atoms with Crippen LogP contribution in [-0.2, 0) is 9.53 Å². The van der Waals surface area contributed by atoms with Crippen LogP contribution < -0.4 is 5.32 Å². The van der Waals surface area contributed by atoms with Crippen LogP contribution in [0.15, 0.2) is 10.6 Å². The molecule has 1 aliphatic heterocycles. The fourth-order valence-corrected chi connectivity index (χ4v) is 2.94. The van der Waals surface area contributed by atoms with Crippen LogP contribution in [-0.4, -0.2) is 45.3 Å². The fourth-order valence-electron chi connectivity index (χ4n) is 1.80. The highest BCUT2D eigenvalue weighted by molar-refractivity contribution is 7.99. The van der Waals surface area contributed by atoms with Gasteiger partial charge < -0.3 is 14.6 Å². The largest absolute Gasteiger partial charge is 0.444 e. The van der Waals surface area contributed by atoms with Gasteiger partial charge in [-0.3, -0.25) is 9.69 Å². The number of anilines is 1. The van der Waals surface area contributed by atoms with E-state index in [0.29, 0.717) is 23.2 Å². The number of nitrogens with one attached hydrogen (secondary N) is 1. The van der Waals surface area contributed by atoms with Gasteiger partial charge in [-0.2, -0.15) is 0 Å². The smallest absolute Gasteiger partial charge is 0.411 e. The van der Waals surface area contributed by atoms with E-state index in [1.807, 2.05) is 0 Å². The Kier molecular flexibility index (Phi) is 4.46. The van der Waals surface area contributed by atoms with Gasteiger partial charge in [0.15, 0.2) is 5.82 Å². The minimum Gasteiger partial charge on any atom is -0.444 e. The molecule has 0 aliphatic carbocycles. The lowest BCUT2D eigenvalue weighted by Gasteiger charge is -2.27. The van der Waals surface area contributed by atoms with Gasteiger partial charge in [0.25, 0.3) is 0 Å². The number of aryl methyl sites for hydroxylation is 1. The summed E-state index contributed by atoms with van der Waals surface area (Å²) >= 11 is 1.51. The summed E-state index contributed by atoms with van der Waals surface area (Å²) < 4.78 is 10.2. The summed E-state index contributed by atoms with van der Waals surface area (Å²) in [6, 6.07) is 1.06. The number of thioether (sulfide) groups is 1. The molecule has 1 atom stereocenters. The minimum atomic E-state index is -0.589. The topological polar surface area (TPSA) is 84.7 Å². The molecule has 0 aromatic carbocycles. The summed E-state index contributed by atoms with van der Waals surface area (Å²) in [5.74, 6) is 1.63. The first kappa shape index (κ1) is 15.7. The molecule has 2 heterocycles. The average molecular weight is 313 g/mol. The molecule has 7 nitrogen and oxygen atoms in total. The highest BCUT2D eigenvalue weighted by Crippen LogP contribution is 2.24. The van der Waals surface area contributed by atoms with Crippen LogP contribution in [0.1, 0.15) is 26.5 Å². The number of hydrogen-bond acceptors (Lipinski definition) is 6. The number of ether oxygens (including phenoxy) is 1. The predicted molar refractivity (Wildman–Crippen MR) is 79.1 cm³/mol. The molecule has 2 amide bonds. The van der Waals surface area contributed by atoms with Gasteiger partial charge in [-0.25, -0.2) is 4.79 Å². The van der Waals surface area contributed by atoms with Crippen molar-refractivity contribution < 1.29 is 18.8 Å². The third-order valence-electron chi connectivity index (χ3n) is 2.69. The van der Waals surface area contributed by atoms with Crippen LogP contribution >= 0.6 is 11.8 Å². The van der Waals surface area contributed by atoms with Crippen molar-refractivity contribution in [2.45, 2.75) is 39.3 Å². The molecule has 0 unspecified atom stereocenters. The summed E-state index contributed by atoms with van der Waals surface area (Å²) in [7, 11) is 0. The van der Waals surface area contributed by atoms with Gasteiger partial charge in [-0.05, 0) is 27.7 Å². The number of nitrogens with zero attached hydrogens (tertiary/aromatic N) is 2. The van der Waals surface area contributed by atoms with Gasteiger partial charge in [0.05, 0.1) is 5.88 Å². The summed E-state index contributed by atoms with van der Waals surface area (Å²) in [6.07, 6.45) is -0.482. The van der Waals surface area contributed by atoms with Crippen molar-refractivity contribution in [3.8, 4) is 0 Å². The lowest BCUT2D eigenvalue weighted by molar-refractivity contribution is -0.120. The first-order chi connectivity index (χ1) is 9.76. The summed E-state index contributed by atoms with van der Waals surface area (Å²) in [5.41, 5.74) is -0.589. The molecular formula is C13H19N3O4S. The van der Waals surface area contributed by atoms with Crippen molar-refractivity contribution in [2.24, 2.45) is 0 Å². The van der Waals surface area contributed by atoms with E-state index in [9.17, 15) is 9.59 Å². The summed E-state index contributed by atoms with van der Waals surface area (Å²) in [6.45, 7) is 7.12. The van der Waals surface area contributed by atoms with Crippen molar-refractivity contribution in [1.82, 2.24) is 10.1 Å². The fraction of sp³-hybridized carbons (Fsp3) is 0.615. The van der Waals surface area contributed by atoms with Gasteiger partial charge in [0.2, 0.25) is 5.91 Å². The van der Waals surface area contributed by atoms with Crippen LogP contribution in [0.5, 0.6) is 0 Å². The molecular weight excluding hydrogens is 294 g/mol. The van der Waals surface area contributed by atoms with Crippen molar-refractivity contribution in [2.75, 3.05) is 16.9 Å². The minimum absolute atomic E-state index is 0.292. The summed E-state index contributed by atoms with van der Waals surface area (Å²) in [5, 5.41) is 6.35. The van der Waals surface area contributed by atoms with E-state index in [4.69, 9.17) is 9.26 Å². The number of aromatic nitrogens is 1. The van der Waals surface area contributed by atoms with Crippen LogP contribution in [0.4, 0.5) is 10.6 Å². The predicted octanol–water partition coefficient (Wildman–Crippen LogP) is 2.23. The molecule has 1 aromatic heterocycles. The third-order valence-corrected chi connectivity index (χ3v) is 3.70. The van der Waals surface area contributed by atoms with E-state index in [1.165, 1.54) is 16.7 Å². The molecule has 2 rings (SSSR count). The zero-order valence-corrected chi connectivity index (χ0v) is 13.3. The van der Waals surface area contributed by atoms with Crippen LogP contribution in [0.3, 0.4) is 0 Å². The number of hydrogen-bond donors (Lipinski definition) is 1. The van der Waals surface area contributed by atoms with E-state index < -0.39 is 17.7 Å². The Morgan fingerprint density at radius 1 is 1.52 bits per heavy atom. The Morgan fingerprint density at radius 3 is 2.81 bits per heavy atom. The first-order valence-corrected chi connectivity index (χ1v) is 7.73.